The number of nitrogens with one attached hydrogen (secondary N) is 2. The van der Waals surface area contributed by atoms with Crippen LogP contribution in [0.1, 0.15) is 25.0 Å². The van der Waals surface area contributed by atoms with Gasteiger partial charge in [0.1, 0.15) is 0 Å². The molecule has 156 valence electrons. The highest BCUT2D eigenvalue weighted by Crippen LogP contribution is 2.18. The lowest BCUT2D eigenvalue weighted by Crippen LogP contribution is -2.34. The van der Waals surface area contributed by atoms with E-state index in [0.717, 1.165) is 18.7 Å². The van der Waals surface area contributed by atoms with Gasteiger partial charge < -0.3 is 10.2 Å². The summed E-state index contributed by atoms with van der Waals surface area (Å²) in [7, 11) is -3.47. The molecule has 0 aromatic heterocycles. The van der Waals surface area contributed by atoms with Gasteiger partial charge in [0, 0.05) is 37.9 Å². The van der Waals surface area contributed by atoms with Gasteiger partial charge >= 0.3 is 0 Å². The Bertz CT molecular complexity index is 938. The van der Waals surface area contributed by atoms with E-state index in [1.165, 1.54) is 29.5 Å². The molecule has 1 amide bonds. The normalized spacial score (nSPS) is 11.6. The van der Waals surface area contributed by atoms with Gasteiger partial charge in [-0.2, -0.15) is 0 Å². The smallest absolute Gasteiger partial charge is 0.244 e. The van der Waals surface area contributed by atoms with Gasteiger partial charge in [0.2, 0.25) is 15.9 Å². The molecule has 0 aliphatic carbocycles. The number of carbonyl (C=O) groups excluding carboxylic acids is 1. The van der Waals surface area contributed by atoms with Gasteiger partial charge in [-0.3, -0.25) is 4.79 Å². The second-order valence-corrected chi connectivity index (χ2v) is 8.33. The van der Waals surface area contributed by atoms with E-state index in [0.29, 0.717) is 13.1 Å². The standard InChI is InChI=1S/C22H29N3O3S/c1-4-24-29(27,28)20-13-10-19(11-14-20)12-15-22(26)23-16-17-25(5-2)21-9-7-6-8-18(21)3/h6-15,24H,4-5,16-17H2,1-3H3,(H,23,26)/b15-12+. The van der Waals surface area contributed by atoms with Gasteiger partial charge in [0.05, 0.1) is 4.90 Å². The molecule has 0 radical (unpaired) electrons. The monoisotopic (exact) mass is 415 g/mol. The predicted octanol–water partition coefficient (Wildman–Crippen LogP) is 2.95. The summed E-state index contributed by atoms with van der Waals surface area (Å²) in [6.07, 6.45) is 3.12. The average molecular weight is 416 g/mol. The lowest BCUT2D eigenvalue weighted by atomic mass is 10.2. The molecule has 29 heavy (non-hydrogen) atoms. The van der Waals surface area contributed by atoms with Crippen LogP contribution in [0.3, 0.4) is 0 Å². The fourth-order valence-electron chi connectivity index (χ4n) is 2.94. The van der Waals surface area contributed by atoms with E-state index < -0.39 is 10.0 Å². The van der Waals surface area contributed by atoms with Crippen molar-refractivity contribution >= 4 is 27.7 Å². The lowest BCUT2D eigenvalue weighted by molar-refractivity contribution is -0.116. The third-order valence-corrected chi connectivity index (χ3v) is 6.03. The number of anilines is 1. The second-order valence-electron chi connectivity index (χ2n) is 6.56. The van der Waals surface area contributed by atoms with E-state index in [9.17, 15) is 13.2 Å². The first-order chi connectivity index (χ1) is 13.9. The molecule has 2 aromatic carbocycles. The zero-order valence-electron chi connectivity index (χ0n) is 17.2. The Balaban J connectivity index is 1.87. The van der Waals surface area contributed by atoms with Crippen molar-refractivity contribution in [3.8, 4) is 0 Å². The third-order valence-electron chi connectivity index (χ3n) is 4.47. The summed E-state index contributed by atoms with van der Waals surface area (Å²) in [6.45, 7) is 8.35. The molecule has 2 N–H and O–H groups in total. The predicted molar refractivity (Wildman–Crippen MR) is 118 cm³/mol. The topological polar surface area (TPSA) is 78.5 Å². The number of nitrogens with zero attached hydrogens (tertiary/aromatic N) is 1. The van der Waals surface area contributed by atoms with Crippen LogP contribution >= 0.6 is 0 Å². The molecule has 0 atom stereocenters. The van der Waals surface area contributed by atoms with Crippen molar-refractivity contribution in [1.82, 2.24) is 10.0 Å². The molecule has 0 unspecified atom stereocenters. The van der Waals surface area contributed by atoms with Gasteiger partial charge in [0.25, 0.3) is 0 Å². The van der Waals surface area contributed by atoms with Crippen LogP contribution in [0.4, 0.5) is 5.69 Å². The molecule has 0 saturated heterocycles. The van der Waals surface area contributed by atoms with E-state index in [-0.39, 0.29) is 10.8 Å². The number of likely N-dealkylation sites (N-methyl/N-ethyl adjacent to an activating group) is 1. The molecule has 2 rings (SSSR count). The number of amides is 1. The van der Waals surface area contributed by atoms with Crippen molar-refractivity contribution < 1.29 is 13.2 Å². The highest BCUT2D eigenvalue weighted by atomic mass is 32.2. The summed E-state index contributed by atoms with van der Waals surface area (Å²) in [5.41, 5.74) is 3.14. The van der Waals surface area contributed by atoms with Gasteiger partial charge in [-0.1, -0.05) is 37.3 Å². The number of sulfonamides is 1. The van der Waals surface area contributed by atoms with Crippen LogP contribution in [-0.4, -0.2) is 40.5 Å². The first kappa shape index (κ1) is 22.6. The first-order valence-electron chi connectivity index (χ1n) is 9.73. The molecule has 2 aromatic rings. The molecule has 0 spiro atoms. The summed E-state index contributed by atoms with van der Waals surface area (Å²) in [4.78, 5) is 14.5. The number of hydrogen-bond acceptors (Lipinski definition) is 4. The zero-order valence-corrected chi connectivity index (χ0v) is 18.0. The maximum absolute atomic E-state index is 12.1. The number of para-hydroxylation sites is 1. The molecular formula is C22H29N3O3S. The van der Waals surface area contributed by atoms with Gasteiger partial charge in [0.15, 0.2) is 0 Å². The minimum Gasteiger partial charge on any atom is -0.370 e. The second kappa shape index (κ2) is 10.8. The molecule has 0 aliphatic rings. The van der Waals surface area contributed by atoms with E-state index in [1.54, 1.807) is 25.1 Å². The molecule has 0 saturated carbocycles. The Labute approximate surface area is 173 Å². The van der Waals surface area contributed by atoms with Crippen molar-refractivity contribution in [2.24, 2.45) is 0 Å². The summed E-state index contributed by atoms with van der Waals surface area (Å²) in [6, 6.07) is 14.6. The van der Waals surface area contributed by atoms with Crippen LogP contribution in [0.5, 0.6) is 0 Å². The van der Waals surface area contributed by atoms with Crippen LogP contribution < -0.4 is 14.9 Å². The fraction of sp³-hybridized carbons (Fsp3) is 0.318. The third kappa shape index (κ3) is 6.73. The summed E-state index contributed by atoms with van der Waals surface area (Å²) in [5.74, 6) is -0.185. The van der Waals surface area contributed by atoms with Gasteiger partial charge in [-0.05, 0) is 49.2 Å². The first-order valence-corrected chi connectivity index (χ1v) is 11.2. The maximum atomic E-state index is 12.1. The Morgan fingerprint density at radius 1 is 1.07 bits per heavy atom. The molecule has 0 fully saturated rings. The maximum Gasteiger partial charge on any atom is 0.244 e. The van der Waals surface area contributed by atoms with Crippen molar-refractivity contribution in [3.63, 3.8) is 0 Å². The van der Waals surface area contributed by atoms with E-state index in [2.05, 4.69) is 40.9 Å². The number of rotatable bonds is 10. The van der Waals surface area contributed by atoms with Crippen molar-refractivity contribution in [2.75, 3.05) is 31.1 Å². The minimum atomic E-state index is -3.47. The number of benzene rings is 2. The van der Waals surface area contributed by atoms with E-state index in [4.69, 9.17) is 0 Å². The molecular weight excluding hydrogens is 386 g/mol. The molecule has 0 bridgehead atoms. The SMILES string of the molecule is CCNS(=O)(=O)c1ccc(/C=C/C(=O)NCCN(CC)c2ccccc2C)cc1. The van der Waals surface area contributed by atoms with Gasteiger partial charge in [-0.25, -0.2) is 13.1 Å². The largest absolute Gasteiger partial charge is 0.370 e. The zero-order chi connectivity index (χ0) is 21.3. The van der Waals surface area contributed by atoms with E-state index >= 15 is 0 Å². The highest BCUT2D eigenvalue weighted by molar-refractivity contribution is 7.89. The molecule has 6 nitrogen and oxygen atoms in total. The molecule has 0 aliphatic heterocycles. The number of hydrogen-bond donors (Lipinski definition) is 2. The Morgan fingerprint density at radius 2 is 1.76 bits per heavy atom. The lowest BCUT2D eigenvalue weighted by Gasteiger charge is -2.24. The number of aryl methyl sites for hydroxylation is 1. The Hall–Kier alpha value is -2.64. The van der Waals surface area contributed by atoms with Gasteiger partial charge in [-0.15, -0.1) is 0 Å². The highest BCUT2D eigenvalue weighted by Gasteiger charge is 2.11. The molecule has 7 heteroatoms. The van der Waals surface area contributed by atoms with Crippen molar-refractivity contribution in [1.29, 1.82) is 0 Å². The Morgan fingerprint density at radius 3 is 2.38 bits per heavy atom. The summed E-state index contributed by atoms with van der Waals surface area (Å²) in [5, 5.41) is 2.89. The summed E-state index contributed by atoms with van der Waals surface area (Å²) < 4.78 is 26.3. The minimum absolute atomic E-state index is 0.185. The van der Waals surface area contributed by atoms with E-state index in [1.807, 2.05) is 12.1 Å². The quantitative estimate of drug-likeness (QED) is 0.585. The Kier molecular flexibility index (Phi) is 8.42. The molecule has 0 heterocycles. The fourth-order valence-corrected chi connectivity index (χ4v) is 3.98. The number of carbonyl (C=O) groups is 1. The summed E-state index contributed by atoms with van der Waals surface area (Å²) >= 11 is 0. The van der Waals surface area contributed by atoms with Crippen LogP contribution in [0, 0.1) is 6.92 Å². The average Bonchev–Trinajstić information content (AvgIpc) is 2.71. The van der Waals surface area contributed by atoms with Crippen molar-refractivity contribution in [3.05, 3.63) is 65.7 Å². The van der Waals surface area contributed by atoms with Crippen LogP contribution in [-0.2, 0) is 14.8 Å². The van der Waals surface area contributed by atoms with Crippen LogP contribution in [0.15, 0.2) is 59.5 Å². The van der Waals surface area contributed by atoms with Crippen LogP contribution in [0.25, 0.3) is 6.08 Å². The van der Waals surface area contributed by atoms with Crippen molar-refractivity contribution in [2.45, 2.75) is 25.7 Å². The van der Waals surface area contributed by atoms with Crippen LogP contribution in [0.2, 0.25) is 0 Å².